The zero-order valence-corrected chi connectivity index (χ0v) is 14.2. The summed E-state index contributed by atoms with van der Waals surface area (Å²) in [6.45, 7) is 0.917. The van der Waals surface area contributed by atoms with Crippen molar-refractivity contribution < 1.29 is 18.3 Å². The number of aromatic nitrogens is 2. The molecule has 134 valence electrons. The second-order valence-electron chi connectivity index (χ2n) is 5.78. The van der Waals surface area contributed by atoms with Crippen LogP contribution >= 0.6 is 0 Å². The summed E-state index contributed by atoms with van der Waals surface area (Å²) in [7, 11) is 0. The van der Waals surface area contributed by atoms with E-state index in [4.69, 9.17) is 0 Å². The molecule has 1 amide bonds. The van der Waals surface area contributed by atoms with Gasteiger partial charge in [0, 0.05) is 11.6 Å². The number of carbonyl (C=O) groups excluding carboxylic acids is 1. The first kappa shape index (κ1) is 17.6. The average molecular weight is 357 g/mol. The molecule has 5 nitrogen and oxygen atoms in total. The van der Waals surface area contributed by atoms with Crippen molar-refractivity contribution in [2.75, 3.05) is 5.32 Å². The topological polar surface area (TPSA) is 56.2 Å². The van der Waals surface area contributed by atoms with Crippen LogP contribution in [0.25, 0.3) is 5.69 Å². The van der Waals surface area contributed by atoms with E-state index in [9.17, 15) is 13.6 Å². The van der Waals surface area contributed by atoms with E-state index < -0.39 is 6.61 Å². The van der Waals surface area contributed by atoms with Crippen LogP contribution in [0.1, 0.15) is 21.6 Å². The molecular formula is C19H17F2N3O2. The van der Waals surface area contributed by atoms with Crippen molar-refractivity contribution in [3.05, 3.63) is 71.4 Å². The molecule has 0 unspecified atom stereocenters. The van der Waals surface area contributed by atoms with Crippen LogP contribution < -0.4 is 10.1 Å². The van der Waals surface area contributed by atoms with Crippen molar-refractivity contribution >= 4 is 11.7 Å². The van der Waals surface area contributed by atoms with Crippen molar-refractivity contribution in [1.82, 2.24) is 9.78 Å². The maximum absolute atomic E-state index is 12.5. The Balaban J connectivity index is 1.80. The minimum atomic E-state index is -2.90. The Bertz CT molecular complexity index is 904. The normalized spacial score (nSPS) is 10.8. The maximum Gasteiger partial charge on any atom is 0.387 e. The van der Waals surface area contributed by atoms with Crippen LogP contribution in [0, 0.1) is 13.8 Å². The van der Waals surface area contributed by atoms with Crippen LogP contribution in [-0.2, 0) is 0 Å². The SMILES string of the molecule is Cc1ccc(-n2nc(C)cc2NC(=O)c2ccc(OC(F)F)cc2)cc1. The first-order chi connectivity index (χ1) is 12.4. The molecule has 26 heavy (non-hydrogen) atoms. The van der Waals surface area contributed by atoms with Gasteiger partial charge in [-0.1, -0.05) is 17.7 Å². The quantitative estimate of drug-likeness (QED) is 0.739. The molecule has 0 atom stereocenters. The molecule has 0 bridgehead atoms. The van der Waals surface area contributed by atoms with Crippen molar-refractivity contribution in [3.63, 3.8) is 0 Å². The number of alkyl halides is 2. The Morgan fingerprint density at radius 1 is 1.08 bits per heavy atom. The summed E-state index contributed by atoms with van der Waals surface area (Å²) < 4.78 is 30.3. The molecular weight excluding hydrogens is 340 g/mol. The number of ether oxygens (including phenoxy) is 1. The third kappa shape index (κ3) is 4.05. The molecule has 0 radical (unpaired) electrons. The number of amides is 1. The Morgan fingerprint density at radius 2 is 1.73 bits per heavy atom. The molecule has 0 fully saturated rings. The lowest BCUT2D eigenvalue weighted by molar-refractivity contribution is -0.0498. The number of rotatable bonds is 5. The Morgan fingerprint density at radius 3 is 2.35 bits per heavy atom. The molecule has 0 saturated heterocycles. The lowest BCUT2D eigenvalue weighted by atomic mass is 10.2. The molecule has 0 saturated carbocycles. The molecule has 1 heterocycles. The lowest BCUT2D eigenvalue weighted by Gasteiger charge is -2.10. The predicted molar refractivity (Wildman–Crippen MR) is 94.1 cm³/mol. The average Bonchev–Trinajstić information content (AvgIpc) is 2.96. The molecule has 0 aliphatic heterocycles. The summed E-state index contributed by atoms with van der Waals surface area (Å²) in [6, 6.07) is 15.0. The van der Waals surface area contributed by atoms with Gasteiger partial charge >= 0.3 is 6.61 Å². The van der Waals surface area contributed by atoms with Gasteiger partial charge < -0.3 is 10.1 Å². The Hall–Kier alpha value is -3.22. The van der Waals surface area contributed by atoms with Crippen LogP contribution in [0.5, 0.6) is 5.75 Å². The fraction of sp³-hybridized carbons (Fsp3) is 0.158. The van der Waals surface area contributed by atoms with E-state index in [2.05, 4.69) is 15.2 Å². The number of carbonyl (C=O) groups is 1. The standard InChI is InChI=1S/C19H17F2N3O2/c1-12-3-7-15(8-4-12)24-17(11-13(2)23-24)22-18(25)14-5-9-16(10-6-14)26-19(20)21/h3-11,19H,1-2H3,(H,22,25). The smallest absolute Gasteiger partial charge is 0.387 e. The number of nitrogens with zero attached hydrogens (tertiary/aromatic N) is 2. The molecule has 2 aromatic carbocycles. The van der Waals surface area contributed by atoms with Gasteiger partial charge in [0.05, 0.1) is 11.4 Å². The third-order valence-electron chi connectivity index (χ3n) is 3.69. The predicted octanol–water partition coefficient (Wildman–Crippen LogP) is 4.34. The minimum Gasteiger partial charge on any atom is -0.435 e. The molecule has 3 aromatic rings. The van der Waals surface area contributed by atoms with Gasteiger partial charge in [-0.25, -0.2) is 4.68 Å². The number of benzene rings is 2. The number of halogens is 2. The lowest BCUT2D eigenvalue weighted by Crippen LogP contribution is -2.15. The van der Waals surface area contributed by atoms with Crippen molar-refractivity contribution in [1.29, 1.82) is 0 Å². The highest BCUT2D eigenvalue weighted by atomic mass is 19.3. The zero-order chi connectivity index (χ0) is 18.7. The van der Waals surface area contributed by atoms with E-state index in [-0.39, 0.29) is 11.7 Å². The van der Waals surface area contributed by atoms with Crippen LogP contribution in [0.3, 0.4) is 0 Å². The molecule has 0 aliphatic rings. The molecule has 1 N–H and O–H groups in total. The van der Waals surface area contributed by atoms with Crippen molar-refractivity contribution in [2.24, 2.45) is 0 Å². The molecule has 0 spiro atoms. The summed E-state index contributed by atoms with van der Waals surface area (Å²) >= 11 is 0. The van der Waals surface area contributed by atoms with E-state index >= 15 is 0 Å². The van der Waals surface area contributed by atoms with E-state index in [0.29, 0.717) is 11.4 Å². The molecule has 3 rings (SSSR count). The number of anilines is 1. The molecule has 1 aromatic heterocycles. The van der Waals surface area contributed by atoms with Gasteiger partial charge in [0.2, 0.25) is 0 Å². The minimum absolute atomic E-state index is 0.00269. The molecule has 7 heteroatoms. The summed E-state index contributed by atoms with van der Waals surface area (Å²) in [5.74, 6) is 0.142. The fourth-order valence-electron chi connectivity index (χ4n) is 2.45. The first-order valence-corrected chi connectivity index (χ1v) is 7.92. The van der Waals surface area contributed by atoms with Gasteiger partial charge in [0.1, 0.15) is 11.6 Å². The molecule has 0 aliphatic carbocycles. The fourth-order valence-corrected chi connectivity index (χ4v) is 2.45. The van der Waals surface area contributed by atoms with E-state index in [1.165, 1.54) is 24.3 Å². The zero-order valence-electron chi connectivity index (χ0n) is 14.2. The van der Waals surface area contributed by atoms with Gasteiger partial charge in [0.25, 0.3) is 5.91 Å². The summed E-state index contributed by atoms with van der Waals surface area (Å²) in [6.07, 6.45) is 0. The second-order valence-corrected chi connectivity index (χ2v) is 5.78. The monoisotopic (exact) mass is 357 g/mol. The van der Waals surface area contributed by atoms with Gasteiger partial charge in [-0.3, -0.25) is 4.79 Å². The summed E-state index contributed by atoms with van der Waals surface area (Å²) in [5.41, 5.74) is 3.01. The van der Waals surface area contributed by atoms with Crippen LogP contribution in [0.2, 0.25) is 0 Å². The maximum atomic E-state index is 12.5. The summed E-state index contributed by atoms with van der Waals surface area (Å²) in [4.78, 5) is 12.5. The second kappa shape index (κ2) is 7.35. The van der Waals surface area contributed by atoms with Gasteiger partial charge in [-0.05, 0) is 50.2 Å². The number of hydrogen-bond acceptors (Lipinski definition) is 3. The van der Waals surface area contributed by atoms with Gasteiger partial charge in [-0.15, -0.1) is 0 Å². The van der Waals surface area contributed by atoms with E-state index in [1.54, 1.807) is 10.7 Å². The van der Waals surface area contributed by atoms with Crippen molar-refractivity contribution in [2.45, 2.75) is 20.5 Å². The van der Waals surface area contributed by atoms with E-state index in [1.807, 2.05) is 38.1 Å². The van der Waals surface area contributed by atoms with E-state index in [0.717, 1.165) is 16.9 Å². The number of hydrogen-bond donors (Lipinski definition) is 1. The highest BCUT2D eigenvalue weighted by molar-refractivity contribution is 6.04. The van der Waals surface area contributed by atoms with Gasteiger partial charge in [-0.2, -0.15) is 13.9 Å². The van der Waals surface area contributed by atoms with Gasteiger partial charge in [0.15, 0.2) is 0 Å². The summed E-state index contributed by atoms with van der Waals surface area (Å²) in [5, 5.41) is 7.20. The van der Waals surface area contributed by atoms with Crippen LogP contribution in [0.15, 0.2) is 54.6 Å². The van der Waals surface area contributed by atoms with Crippen LogP contribution in [-0.4, -0.2) is 22.3 Å². The highest BCUT2D eigenvalue weighted by Gasteiger charge is 2.13. The number of aryl methyl sites for hydroxylation is 2. The number of nitrogens with one attached hydrogen (secondary N) is 1. The largest absolute Gasteiger partial charge is 0.435 e. The first-order valence-electron chi connectivity index (χ1n) is 7.92. The Kier molecular flexibility index (Phi) is 4.97. The third-order valence-corrected chi connectivity index (χ3v) is 3.69. The van der Waals surface area contributed by atoms with Crippen LogP contribution in [0.4, 0.5) is 14.6 Å². The van der Waals surface area contributed by atoms with Crippen molar-refractivity contribution in [3.8, 4) is 11.4 Å². The highest BCUT2D eigenvalue weighted by Crippen LogP contribution is 2.20. The Labute approximate surface area is 149 Å².